The fourth-order valence-electron chi connectivity index (χ4n) is 1.86. The summed E-state index contributed by atoms with van der Waals surface area (Å²) in [5, 5.41) is 15.5. The van der Waals surface area contributed by atoms with Crippen LogP contribution in [0.25, 0.3) is 0 Å². The average molecular weight is 334 g/mol. The topological polar surface area (TPSA) is 70.6 Å². The maximum Gasteiger partial charge on any atom is 0.224 e. The Morgan fingerprint density at radius 3 is 2.91 bits per heavy atom. The molecule has 1 amide bonds. The van der Waals surface area contributed by atoms with Crippen molar-refractivity contribution in [1.29, 1.82) is 0 Å². The van der Waals surface area contributed by atoms with E-state index in [-0.39, 0.29) is 30.5 Å². The highest BCUT2D eigenvalue weighted by atomic mass is 35.5. The first-order valence-corrected chi connectivity index (χ1v) is 6.79. The molecule has 1 aliphatic rings. The minimum absolute atomic E-state index is 0. The maximum atomic E-state index is 11.5. The van der Waals surface area contributed by atoms with Crippen LogP contribution in [-0.2, 0) is 11.2 Å². The Morgan fingerprint density at radius 1 is 1.50 bits per heavy atom. The number of fused-ring (bicyclic) bond motifs is 1. The van der Waals surface area contributed by atoms with Crippen molar-refractivity contribution in [2.75, 3.05) is 18.4 Å². The van der Waals surface area contributed by atoms with Crippen molar-refractivity contribution in [3.8, 4) is 5.75 Å². The van der Waals surface area contributed by atoms with E-state index in [1.807, 2.05) is 0 Å². The average Bonchev–Trinajstić information content (AvgIpc) is 2.43. The number of rotatable bonds is 5. The van der Waals surface area contributed by atoms with Gasteiger partial charge in [-0.3, -0.25) is 4.79 Å². The SMILES string of the molecule is Cl.[2H]C([2H])(NC(C)(C)C)C([2H])(O)C([2H])([2H])Oc1cccc2c1CCC(=O)N2. The Hall–Kier alpha value is -1.30. The normalized spacial score (nSPS) is 21.5. The second kappa shape index (κ2) is 7.81. The predicted molar refractivity (Wildman–Crippen MR) is 89.9 cm³/mol. The van der Waals surface area contributed by atoms with E-state index >= 15 is 0 Å². The number of amides is 1. The molecule has 6 heteroatoms. The van der Waals surface area contributed by atoms with Crippen LogP contribution in [-0.4, -0.2) is 35.7 Å². The number of anilines is 1. The van der Waals surface area contributed by atoms with Crippen LogP contribution in [0.15, 0.2) is 18.2 Å². The van der Waals surface area contributed by atoms with Gasteiger partial charge in [-0.2, -0.15) is 0 Å². The van der Waals surface area contributed by atoms with Gasteiger partial charge in [-0.1, -0.05) is 6.07 Å². The quantitative estimate of drug-likeness (QED) is 0.772. The van der Waals surface area contributed by atoms with Gasteiger partial charge in [-0.05, 0) is 39.3 Å². The van der Waals surface area contributed by atoms with Crippen LogP contribution in [0.2, 0.25) is 0 Å². The van der Waals surface area contributed by atoms with Crippen molar-refractivity contribution in [3.05, 3.63) is 23.8 Å². The van der Waals surface area contributed by atoms with Gasteiger partial charge in [-0.15, -0.1) is 12.4 Å². The van der Waals surface area contributed by atoms with Gasteiger partial charge in [0.25, 0.3) is 0 Å². The third kappa shape index (κ3) is 5.48. The molecule has 1 atom stereocenters. The Morgan fingerprint density at radius 2 is 2.23 bits per heavy atom. The number of aliphatic hydroxyl groups is 1. The Balaban J connectivity index is 0.00000364. The standard InChI is InChI=1S/C16H24N2O3.ClH/c1-16(2,3)17-9-11(19)10-21-14-6-4-5-13-12(14)7-8-15(20)18-13;/h4-6,11,17,19H,7-10H2,1-3H3,(H,18,20);1H/i9D2,10D2,11D;. The summed E-state index contributed by atoms with van der Waals surface area (Å²) < 4.78 is 45.2. The van der Waals surface area contributed by atoms with E-state index < -0.39 is 24.7 Å². The maximum absolute atomic E-state index is 11.5. The molecule has 1 aromatic carbocycles. The van der Waals surface area contributed by atoms with Gasteiger partial charge < -0.3 is 20.5 Å². The van der Waals surface area contributed by atoms with E-state index in [9.17, 15) is 9.90 Å². The van der Waals surface area contributed by atoms with Crippen LogP contribution in [0, 0.1) is 0 Å². The molecule has 0 spiro atoms. The largest absolute Gasteiger partial charge is 0.490 e. The summed E-state index contributed by atoms with van der Waals surface area (Å²) in [5.41, 5.74) is 0.195. The summed E-state index contributed by atoms with van der Waals surface area (Å²) in [6.07, 6.45) is -2.74. The van der Waals surface area contributed by atoms with Crippen molar-refractivity contribution in [3.63, 3.8) is 0 Å². The molecular weight excluding hydrogens is 304 g/mol. The summed E-state index contributed by atoms with van der Waals surface area (Å²) in [6, 6.07) is 4.64. The highest BCUT2D eigenvalue weighted by molar-refractivity contribution is 5.94. The van der Waals surface area contributed by atoms with Gasteiger partial charge >= 0.3 is 0 Å². The molecule has 22 heavy (non-hydrogen) atoms. The lowest BCUT2D eigenvalue weighted by molar-refractivity contribution is -0.116. The first kappa shape index (κ1) is 12.2. The lowest BCUT2D eigenvalue weighted by Gasteiger charge is -2.24. The van der Waals surface area contributed by atoms with Crippen LogP contribution in [0.4, 0.5) is 5.69 Å². The Bertz CT molecular complexity index is 708. The summed E-state index contributed by atoms with van der Waals surface area (Å²) in [6.45, 7) is -0.988. The number of hydrogen-bond acceptors (Lipinski definition) is 4. The summed E-state index contributed by atoms with van der Waals surface area (Å²) in [4.78, 5) is 11.5. The highest BCUT2D eigenvalue weighted by Crippen LogP contribution is 2.31. The molecule has 0 fully saturated rings. The number of carbonyl (C=O) groups is 1. The smallest absolute Gasteiger partial charge is 0.224 e. The van der Waals surface area contributed by atoms with Crippen molar-refractivity contribution in [2.24, 2.45) is 0 Å². The Labute approximate surface area is 144 Å². The fraction of sp³-hybridized carbons (Fsp3) is 0.562. The van der Waals surface area contributed by atoms with Crippen molar-refractivity contribution in [1.82, 2.24) is 5.32 Å². The molecular formula is C16H25ClN2O3. The minimum Gasteiger partial charge on any atom is -0.490 e. The zero-order valence-electron chi connectivity index (χ0n) is 17.8. The lowest BCUT2D eigenvalue weighted by atomic mass is 10.0. The molecule has 0 aliphatic carbocycles. The second-order valence-electron chi connectivity index (χ2n) is 5.88. The minimum atomic E-state index is -3.26. The number of halogens is 1. The monoisotopic (exact) mass is 333 g/mol. The van der Waals surface area contributed by atoms with E-state index in [2.05, 4.69) is 10.6 Å². The number of benzene rings is 1. The third-order valence-electron chi connectivity index (χ3n) is 2.82. The van der Waals surface area contributed by atoms with Gasteiger partial charge in [0.05, 0.1) is 4.11 Å². The van der Waals surface area contributed by atoms with Gasteiger partial charge in [-0.25, -0.2) is 0 Å². The van der Waals surface area contributed by atoms with Crippen LogP contribution in [0.3, 0.4) is 0 Å². The highest BCUT2D eigenvalue weighted by Gasteiger charge is 2.19. The fourth-order valence-corrected chi connectivity index (χ4v) is 1.86. The van der Waals surface area contributed by atoms with Crippen LogP contribution < -0.4 is 15.4 Å². The summed E-state index contributed by atoms with van der Waals surface area (Å²) in [5.74, 6) is -0.120. The first-order chi connectivity index (χ1) is 11.7. The van der Waals surface area contributed by atoms with Crippen LogP contribution in [0.5, 0.6) is 5.75 Å². The van der Waals surface area contributed by atoms with E-state index in [0.717, 1.165) is 0 Å². The van der Waals surface area contributed by atoms with Gasteiger partial charge in [0.15, 0.2) is 0 Å². The zero-order chi connectivity index (χ0) is 20.0. The van der Waals surface area contributed by atoms with Crippen molar-refractivity contribution >= 4 is 24.0 Å². The van der Waals surface area contributed by atoms with Gasteiger partial charge in [0.1, 0.15) is 18.4 Å². The molecule has 1 aromatic rings. The van der Waals surface area contributed by atoms with E-state index in [0.29, 0.717) is 17.7 Å². The van der Waals surface area contributed by atoms with E-state index in [4.69, 9.17) is 11.6 Å². The number of β-amino-alcohol motifs (C(OH)–C–C–N with tert-alkyl or cyclic N) is 1. The summed E-state index contributed by atoms with van der Waals surface area (Å²) >= 11 is 0. The van der Waals surface area contributed by atoms with Crippen molar-refractivity contribution < 1.29 is 21.5 Å². The van der Waals surface area contributed by atoms with Crippen LogP contribution >= 0.6 is 12.4 Å². The number of carbonyl (C=O) groups excluding carboxylic acids is 1. The lowest BCUT2D eigenvalue weighted by Crippen LogP contribution is -2.42. The molecule has 0 aromatic heterocycles. The first-order valence-electron chi connectivity index (χ1n) is 9.29. The third-order valence-corrected chi connectivity index (χ3v) is 2.82. The number of nitrogens with one attached hydrogen (secondary N) is 2. The van der Waals surface area contributed by atoms with E-state index in [1.54, 1.807) is 32.9 Å². The molecule has 1 aliphatic heterocycles. The molecule has 2 rings (SSSR count). The van der Waals surface area contributed by atoms with E-state index in [1.165, 1.54) is 6.07 Å². The molecule has 1 heterocycles. The van der Waals surface area contributed by atoms with Gasteiger partial charge in [0, 0.05) is 32.4 Å². The molecule has 0 bridgehead atoms. The number of hydrogen-bond donors (Lipinski definition) is 3. The molecule has 5 nitrogen and oxygen atoms in total. The zero-order valence-corrected chi connectivity index (χ0v) is 13.6. The Kier molecular flexibility index (Phi) is 4.32. The molecule has 1 unspecified atom stereocenters. The summed E-state index contributed by atoms with van der Waals surface area (Å²) in [7, 11) is 0. The van der Waals surface area contributed by atoms with Crippen LogP contribution in [0.1, 0.15) is 39.6 Å². The number of ether oxygens (including phenoxy) is 1. The molecule has 124 valence electrons. The molecule has 0 saturated heterocycles. The molecule has 0 saturated carbocycles. The predicted octanol–water partition coefficient (Wildman–Crippen LogP) is 2.12. The molecule has 0 radical (unpaired) electrons. The second-order valence-corrected chi connectivity index (χ2v) is 5.88. The van der Waals surface area contributed by atoms with Gasteiger partial charge in [0.2, 0.25) is 5.91 Å². The molecule has 3 N–H and O–H groups in total. The van der Waals surface area contributed by atoms with Crippen molar-refractivity contribution in [2.45, 2.75) is 45.2 Å².